The van der Waals surface area contributed by atoms with Crippen LogP contribution < -0.4 is 4.90 Å². The third-order valence-corrected chi connectivity index (χ3v) is 4.03. The van der Waals surface area contributed by atoms with E-state index in [0.29, 0.717) is 0 Å². The SMILES string of the molecule is CC1(CC(=O)O)CCCN(c2cccc(Br)c2)C1. The molecule has 1 aliphatic heterocycles. The second-order valence-electron chi connectivity index (χ2n) is 5.39. The molecule has 1 N–H and O–H groups in total. The van der Waals surface area contributed by atoms with Crippen molar-refractivity contribution in [3.05, 3.63) is 28.7 Å². The molecule has 18 heavy (non-hydrogen) atoms. The first-order valence-corrected chi connectivity index (χ1v) is 7.00. The van der Waals surface area contributed by atoms with E-state index in [0.717, 1.165) is 30.4 Å². The van der Waals surface area contributed by atoms with E-state index in [9.17, 15) is 4.79 Å². The molecule has 0 aromatic heterocycles. The molecule has 1 fully saturated rings. The van der Waals surface area contributed by atoms with Gasteiger partial charge in [0.2, 0.25) is 0 Å². The number of anilines is 1. The minimum atomic E-state index is -0.700. The van der Waals surface area contributed by atoms with Crippen LogP contribution in [0.1, 0.15) is 26.2 Å². The molecule has 1 aromatic carbocycles. The van der Waals surface area contributed by atoms with Gasteiger partial charge in [0.05, 0.1) is 6.42 Å². The molecule has 1 atom stereocenters. The van der Waals surface area contributed by atoms with Crippen LogP contribution in [0.5, 0.6) is 0 Å². The summed E-state index contributed by atoms with van der Waals surface area (Å²) in [5.41, 5.74) is 1.05. The molecule has 0 aliphatic carbocycles. The largest absolute Gasteiger partial charge is 0.481 e. The molecule has 0 spiro atoms. The van der Waals surface area contributed by atoms with E-state index in [2.05, 4.69) is 39.9 Å². The number of rotatable bonds is 3. The van der Waals surface area contributed by atoms with Crippen LogP contribution in [-0.4, -0.2) is 24.2 Å². The van der Waals surface area contributed by atoms with E-state index < -0.39 is 5.97 Å². The maximum atomic E-state index is 10.9. The molecule has 1 saturated heterocycles. The van der Waals surface area contributed by atoms with Crippen molar-refractivity contribution >= 4 is 27.6 Å². The van der Waals surface area contributed by atoms with E-state index in [4.69, 9.17) is 5.11 Å². The highest BCUT2D eigenvalue weighted by atomic mass is 79.9. The third-order valence-electron chi connectivity index (χ3n) is 3.53. The van der Waals surface area contributed by atoms with Crippen LogP contribution in [0.3, 0.4) is 0 Å². The lowest BCUT2D eigenvalue weighted by atomic mass is 9.79. The maximum Gasteiger partial charge on any atom is 0.303 e. The molecule has 0 saturated carbocycles. The topological polar surface area (TPSA) is 40.5 Å². The van der Waals surface area contributed by atoms with Gasteiger partial charge in [0, 0.05) is 23.2 Å². The smallest absolute Gasteiger partial charge is 0.303 e. The van der Waals surface area contributed by atoms with Crippen molar-refractivity contribution in [1.82, 2.24) is 0 Å². The number of carbonyl (C=O) groups is 1. The maximum absolute atomic E-state index is 10.9. The predicted octanol–water partition coefficient (Wildman–Crippen LogP) is 3.53. The molecule has 0 radical (unpaired) electrons. The molecular formula is C14H18BrNO2. The van der Waals surface area contributed by atoms with E-state index in [1.165, 1.54) is 5.69 Å². The lowest BCUT2D eigenvalue weighted by Crippen LogP contribution is -2.42. The summed E-state index contributed by atoms with van der Waals surface area (Å²) in [7, 11) is 0. The minimum Gasteiger partial charge on any atom is -0.481 e. The number of carboxylic acid groups (broad SMARTS) is 1. The van der Waals surface area contributed by atoms with E-state index in [1.54, 1.807) is 0 Å². The predicted molar refractivity (Wildman–Crippen MR) is 75.9 cm³/mol. The van der Waals surface area contributed by atoms with E-state index in [-0.39, 0.29) is 11.8 Å². The highest BCUT2D eigenvalue weighted by Gasteiger charge is 2.33. The van der Waals surface area contributed by atoms with E-state index in [1.807, 2.05) is 12.1 Å². The van der Waals surface area contributed by atoms with Gasteiger partial charge < -0.3 is 10.0 Å². The molecule has 3 nitrogen and oxygen atoms in total. The Morgan fingerprint density at radius 1 is 1.56 bits per heavy atom. The Hall–Kier alpha value is -1.03. The highest BCUT2D eigenvalue weighted by Crippen LogP contribution is 2.35. The summed E-state index contributed by atoms with van der Waals surface area (Å²) in [6, 6.07) is 8.19. The molecular weight excluding hydrogens is 294 g/mol. The van der Waals surface area contributed by atoms with Crippen LogP contribution in [0.2, 0.25) is 0 Å². The summed E-state index contributed by atoms with van der Waals surface area (Å²) >= 11 is 3.48. The number of piperidine rings is 1. The zero-order chi connectivity index (χ0) is 13.2. The Morgan fingerprint density at radius 3 is 3.00 bits per heavy atom. The second kappa shape index (κ2) is 5.31. The summed E-state index contributed by atoms with van der Waals surface area (Å²) < 4.78 is 1.06. The molecule has 2 rings (SSSR count). The quantitative estimate of drug-likeness (QED) is 0.928. The van der Waals surface area contributed by atoms with Crippen molar-refractivity contribution in [1.29, 1.82) is 0 Å². The number of carboxylic acids is 1. The van der Waals surface area contributed by atoms with Crippen LogP contribution >= 0.6 is 15.9 Å². The summed E-state index contributed by atoms with van der Waals surface area (Å²) in [6.07, 6.45) is 2.29. The highest BCUT2D eigenvalue weighted by molar-refractivity contribution is 9.10. The molecule has 1 heterocycles. The number of nitrogens with zero attached hydrogens (tertiary/aromatic N) is 1. The molecule has 1 aliphatic rings. The standard InChI is InChI=1S/C14H18BrNO2/c1-14(9-13(17)18)6-3-7-16(10-14)12-5-2-4-11(15)8-12/h2,4-5,8H,3,6-7,9-10H2,1H3,(H,17,18). The summed E-state index contributed by atoms with van der Waals surface area (Å²) in [4.78, 5) is 13.2. The number of benzene rings is 1. The van der Waals surface area contributed by atoms with Crippen LogP contribution in [-0.2, 0) is 4.79 Å². The molecule has 1 aromatic rings. The van der Waals surface area contributed by atoms with Crippen molar-refractivity contribution < 1.29 is 9.90 Å². The normalized spacial score (nSPS) is 24.0. The first-order valence-electron chi connectivity index (χ1n) is 6.21. The van der Waals surface area contributed by atoms with Gasteiger partial charge in [-0.05, 0) is 36.5 Å². The van der Waals surface area contributed by atoms with Gasteiger partial charge in [-0.25, -0.2) is 0 Å². The van der Waals surface area contributed by atoms with Crippen molar-refractivity contribution in [2.24, 2.45) is 5.41 Å². The molecule has 4 heteroatoms. The second-order valence-corrected chi connectivity index (χ2v) is 6.30. The number of hydrogen-bond donors (Lipinski definition) is 1. The van der Waals surface area contributed by atoms with Crippen LogP contribution in [0.15, 0.2) is 28.7 Å². The lowest BCUT2D eigenvalue weighted by Gasteiger charge is -2.41. The zero-order valence-electron chi connectivity index (χ0n) is 10.5. The third kappa shape index (κ3) is 3.25. The Balaban J connectivity index is 2.13. The molecule has 0 bridgehead atoms. The fourth-order valence-corrected chi connectivity index (χ4v) is 3.11. The monoisotopic (exact) mass is 311 g/mol. The lowest BCUT2D eigenvalue weighted by molar-refractivity contribution is -0.139. The average Bonchev–Trinajstić information content (AvgIpc) is 2.27. The van der Waals surface area contributed by atoms with Crippen molar-refractivity contribution in [3.63, 3.8) is 0 Å². The van der Waals surface area contributed by atoms with Gasteiger partial charge in [0.25, 0.3) is 0 Å². The first-order chi connectivity index (χ1) is 8.48. The number of aliphatic carboxylic acids is 1. The van der Waals surface area contributed by atoms with Gasteiger partial charge in [0.15, 0.2) is 0 Å². The molecule has 0 amide bonds. The Kier molecular flexibility index (Phi) is 3.95. The van der Waals surface area contributed by atoms with Gasteiger partial charge in [0.1, 0.15) is 0 Å². The minimum absolute atomic E-state index is 0.119. The zero-order valence-corrected chi connectivity index (χ0v) is 12.1. The molecule has 98 valence electrons. The van der Waals surface area contributed by atoms with Gasteiger partial charge in [-0.15, -0.1) is 0 Å². The summed E-state index contributed by atoms with van der Waals surface area (Å²) in [6.45, 7) is 3.90. The number of halogens is 1. The number of hydrogen-bond acceptors (Lipinski definition) is 2. The first kappa shape index (κ1) is 13.4. The van der Waals surface area contributed by atoms with Gasteiger partial charge >= 0.3 is 5.97 Å². The fraction of sp³-hybridized carbons (Fsp3) is 0.500. The molecule has 1 unspecified atom stereocenters. The Bertz CT molecular complexity index is 449. The summed E-state index contributed by atoms with van der Waals surface area (Å²) in [5, 5.41) is 9.01. The van der Waals surface area contributed by atoms with Gasteiger partial charge in [-0.2, -0.15) is 0 Å². The average molecular weight is 312 g/mol. The Labute approximate surface area is 116 Å². The van der Waals surface area contributed by atoms with Crippen molar-refractivity contribution in [2.45, 2.75) is 26.2 Å². The fourth-order valence-electron chi connectivity index (χ4n) is 2.72. The van der Waals surface area contributed by atoms with Crippen molar-refractivity contribution in [2.75, 3.05) is 18.0 Å². The summed E-state index contributed by atoms with van der Waals surface area (Å²) in [5.74, 6) is -0.700. The van der Waals surface area contributed by atoms with E-state index >= 15 is 0 Å². The van der Waals surface area contributed by atoms with Crippen LogP contribution in [0.25, 0.3) is 0 Å². The van der Waals surface area contributed by atoms with Crippen LogP contribution in [0, 0.1) is 5.41 Å². The Morgan fingerprint density at radius 2 is 2.33 bits per heavy atom. The van der Waals surface area contributed by atoms with Gasteiger partial charge in [-0.1, -0.05) is 28.9 Å². The van der Waals surface area contributed by atoms with Crippen molar-refractivity contribution in [3.8, 4) is 0 Å². The van der Waals surface area contributed by atoms with Gasteiger partial charge in [-0.3, -0.25) is 4.79 Å². The van der Waals surface area contributed by atoms with Crippen LogP contribution in [0.4, 0.5) is 5.69 Å².